The van der Waals surface area contributed by atoms with E-state index in [1.54, 1.807) is 6.20 Å². The number of hydrogen-bond acceptors (Lipinski definition) is 3. The quantitative estimate of drug-likeness (QED) is 0.776. The minimum Gasteiger partial charge on any atom is -0.493 e. The molecule has 24 heavy (non-hydrogen) atoms. The largest absolute Gasteiger partial charge is 0.493 e. The first-order valence-corrected chi connectivity index (χ1v) is 8.06. The number of fused-ring (bicyclic) bond motifs is 1. The van der Waals surface area contributed by atoms with E-state index in [1.807, 2.05) is 48.5 Å². The molecule has 0 aliphatic heterocycles. The molecule has 1 amide bonds. The fraction of sp³-hybridized carbons (Fsp3) is 0.263. The highest BCUT2D eigenvalue weighted by atomic mass is 16.5. The molecule has 0 spiro atoms. The van der Waals surface area contributed by atoms with Crippen LogP contribution in [0.15, 0.2) is 54.7 Å². The summed E-state index contributed by atoms with van der Waals surface area (Å²) in [6, 6.07) is 15.1. The van der Waals surface area contributed by atoms with E-state index in [2.05, 4.69) is 24.3 Å². The van der Waals surface area contributed by atoms with Crippen LogP contribution in [-0.4, -0.2) is 22.4 Å². The summed E-state index contributed by atoms with van der Waals surface area (Å²) < 4.78 is 7.04. The Hall–Kier alpha value is -2.82. The minimum absolute atomic E-state index is 0.240. The van der Waals surface area contributed by atoms with Crippen molar-refractivity contribution in [1.82, 2.24) is 15.1 Å². The van der Waals surface area contributed by atoms with Crippen molar-refractivity contribution in [3.63, 3.8) is 0 Å². The molecule has 3 aromatic rings. The number of rotatable bonds is 5. The lowest BCUT2D eigenvalue weighted by atomic mass is 10.2. The number of ether oxygens (including phenoxy) is 1. The van der Waals surface area contributed by atoms with Gasteiger partial charge in [-0.3, -0.25) is 0 Å². The molecule has 1 aromatic heterocycles. The van der Waals surface area contributed by atoms with E-state index in [0.29, 0.717) is 19.1 Å². The van der Waals surface area contributed by atoms with Gasteiger partial charge < -0.3 is 10.1 Å². The minimum atomic E-state index is -0.240. The molecule has 0 unspecified atom stereocenters. The summed E-state index contributed by atoms with van der Waals surface area (Å²) in [5.74, 6) is 1.34. The van der Waals surface area contributed by atoms with Gasteiger partial charge in [0.05, 0.1) is 18.3 Å². The predicted octanol–water partition coefficient (Wildman–Crippen LogP) is 3.83. The Kier molecular flexibility index (Phi) is 4.79. The van der Waals surface area contributed by atoms with Gasteiger partial charge in [0.25, 0.3) is 0 Å². The lowest BCUT2D eigenvalue weighted by Gasteiger charge is -2.10. The highest BCUT2D eigenvalue weighted by Crippen LogP contribution is 2.14. The summed E-state index contributed by atoms with van der Waals surface area (Å²) in [6.45, 7) is 5.37. The zero-order chi connectivity index (χ0) is 16.9. The van der Waals surface area contributed by atoms with Crippen molar-refractivity contribution < 1.29 is 9.53 Å². The van der Waals surface area contributed by atoms with E-state index in [0.717, 1.165) is 22.2 Å². The van der Waals surface area contributed by atoms with Gasteiger partial charge in [0.15, 0.2) is 0 Å². The number of hydrogen-bond donors (Lipinski definition) is 1. The number of aromatic nitrogens is 2. The molecule has 5 nitrogen and oxygen atoms in total. The zero-order valence-corrected chi connectivity index (χ0v) is 13.9. The van der Waals surface area contributed by atoms with Gasteiger partial charge in [-0.05, 0) is 29.7 Å². The Labute approximate surface area is 141 Å². The summed E-state index contributed by atoms with van der Waals surface area (Å²) in [7, 11) is 0. The molecule has 5 heteroatoms. The van der Waals surface area contributed by atoms with Crippen molar-refractivity contribution in [2.75, 3.05) is 6.61 Å². The fourth-order valence-corrected chi connectivity index (χ4v) is 2.35. The highest BCUT2D eigenvalue weighted by molar-refractivity contribution is 5.89. The Morgan fingerprint density at radius 3 is 2.67 bits per heavy atom. The lowest BCUT2D eigenvalue weighted by molar-refractivity contribution is 0.240. The zero-order valence-electron chi connectivity index (χ0n) is 13.9. The third kappa shape index (κ3) is 3.74. The number of amides is 1. The van der Waals surface area contributed by atoms with Crippen LogP contribution >= 0.6 is 0 Å². The summed E-state index contributed by atoms with van der Waals surface area (Å²) in [4.78, 5) is 12.3. The maximum atomic E-state index is 12.3. The Morgan fingerprint density at radius 1 is 1.17 bits per heavy atom. The Morgan fingerprint density at radius 2 is 1.92 bits per heavy atom. The second kappa shape index (κ2) is 7.17. The van der Waals surface area contributed by atoms with Crippen LogP contribution in [0.5, 0.6) is 5.75 Å². The monoisotopic (exact) mass is 323 g/mol. The Balaban J connectivity index is 1.60. The molecule has 0 fully saturated rings. The molecule has 0 aliphatic carbocycles. The molecule has 0 bridgehead atoms. The first kappa shape index (κ1) is 16.1. The van der Waals surface area contributed by atoms with Crippen molar-refractivity contribution in [2.24, 2.45) is 5.92 Å². The predicted molar refractivity (Wildman–Crippen MR) is 94.1 cm³/mol. The normalized spacial score (nSPS) is 11.0. The maximum Gasteiger partial charge on any atom is 0.342 e. The van der Waals surface area contributed by atoms with E-state index in [9.17, 15) is 4.79 Å². The van der Waals surface area contributed by atoms with Crippen molar-refractivity contribution in [3.8, 4) is 5.75 Å². The average molecular weight is 323 g/mol. The third-order valence-electron chi connectivity index (χ3n) is 3.62. The fourth-order valence-electron chi connectivity index (χ4n) is 2.35. The molecular weight excluding hydrogens is 302 g/mol. The van der Waals surface area contributed by atoms with Gasteiger partial charge in [0.2, 0.25) is 0 Å². The highest BCUT2D eigenvalue weighted by Gasteiger charge is 2.09. The van der Waals surface area contributed by atoms with Crippen LogP contribution in [-0.2, 0) is 6.54 Å². The Bertz CT molecular complexity index is 822. The lowest BCUT2D eigenvalue weighted by Crippen LogP contribution is -2.28. The molecule has 2 aromatic carbocycles. The van der Waals surface area contributed by atoms with E-state index >= 15 is 0 Å². The third-order valence-corrected chi connectivity index (χ3v) is 3.62. The summed E-state index contributed by atoms with van der Waals surface area (Å²) in [6.07, 6.45) is 1.69. The van der Waals surface area contributed by atoms with Crippen molar-refractivity contribution in [3.05, 3.63) is 60.3 Å². The van der Waals surface area contributed by atoms with Crippen molar-refractivity contribution >= 4 is 16.9 Å². The molecule has 0 saturated carbocycles. The average Bonchev–Trinajstić information content (AvgIpc) is 3.03. The number of nitrogens with zero attached hydrogens (tertiary/aromatic N) is 2. The molecule has 0 aliphatic rings. The summed E-state index contributed by atoms with van der Waals surface area (Å²) in [5.41, 5.74) is 1.81. The van der Waals surface area contributed by atoms with Crippen molar-refractivity contribution in [1.29, 1.82) is 0 Å². The molecule has 0 saturated heterocycles. The molecule has 3 rings (SSSR count). The van der Waals surface area contributed by atoms with E-state index < -0.39 is 0 Å². The molecule has 1 N–H and O–H groups in total. The van der Waals surface area contributed by atoms with Gasteiger partial charge in [-0.1, -0.05) is 44.2 Å². The molecule has 0 atom stereocenters. The van der Waals surface area contributed by atoms with Gasteiger partial charge in [0.1, 0.15) is 5.75 Å². The van der Waals surface area contributed by atoms with Crippen LogP contribution in [0.4, 0.5) is 4.79 Å². The SMILES string of the molecule is CC(C)COc1ccc(CNC(=O)n2ncc3ccccc32)cc1. The van der Waals surface area contributed by atoms with Gasteiger partial charge in [0, 0.05) is 11.9 Å². The molecular formula is C19H21N3O2. The molecule has 1 heterocycles. The number of nitrogens with one attached hydrogen (secondary N) is 1. The van der Waals surface area contributed by atoms with Crippen LogP contribution in [0, 0.1) is 5.92 Å². The van der Waals surface area contributed by atoms with E-state index in [1.165, 1.54) is 4.68 Å². The van der Waals surface area contributed by atoms with Crippen LogP contribution in [0.2, 0.25) is 0 Å². The maximum absolute atomic E-state index is 12.3. The number of benzene rings is 2. The van der Waals surface area contributed by atoms with E-state index in [-0.39, 0.29) is 6.03 Å². The van der Waals surface area contributed by atoms with Crippen LogP contribution in [0.25, 0.3) is 10.9 Å². The van der Waals surface area contributed by atoms with Gasteiger partial charge in [-0.2, -0.15) is 9.78 Å². The van der Waals surface area contributed by atoms with Gasteiger partial charge in [-0.25, -0.2) is 4.79 Å². The second-order valence-corrected chi connectivity index (χ2v) is 6.12. The smallest absolute Gasteiger partial charge is 0.342 e. The summed E-state index contributed by atoms with van der Waals surface area (Å²) >= 11 is 0. The number of para-hydroxylation sites is 1. The molecule has 0 radical (unpaired) electrons. The first-order valence-electron chi connectivity index (χ1n) is 8.06. The topological polar surface area (TPSA) is 56.1 Å². The van der Waals surface area contributed by atoms with Crippen LogP contribution < -0.4 is 10.1 Å². The van der Waals surface area contributed by atoms with Crippen molar-refractivity contribution in [2.45, 2.75) is 20.4 Å². The van der Waals surface area contributed by atoms with Crippen LogP contribution in [0.3, 0.4) is 0 Å². The van der Waals surface area contributed by atoms with E-state index in [4.69, 9.17) is 4.74 Å². The first-order chi connectivity index (χ1) is 11.6. The summed E-state index contributed by atoms with van der Waals surface area (Å²) in [5, 5.41) is 7.97. The number of carbonyl (C=O) groups excluding carboxylic acids is 1. The van der Waals surface area contributed by atoms with Gasteiger partial charge >= 0.3 is 6.03 Å². The van der Waals surface area contributed by atoms with Gasteiger partial charge in [-0.15, -0.1) is 0 Å². The van der Waals surface area contributed by atoms with Crippen LogP contribution in [0.1, 0.15) is 19.4 Å². The number of carbonyl (C=O) groups is 1. The second-order valence-electron chi connectivity index (χ2n) is 6.12. The molecule has 124 valence electrons. The standard InChI is InChI=1S/C19H21N3O2/c1-14(2)13-24-17-9-7-15(8-10-17)11-20-19(23)22-18-6-4-3-5-16(18)12-21-22/h3-10,12,14H,11,13H2,1-2H3,(H,20,23).